The van der Waals surface area contributed by atoms with Gasteiger partial charge in [0.05, 0.1) is 25.9 Å². The molecule has 1 aliphatic carbocycles. The molecule has 9 nitrogen and oxygen atoms in total. The number of carbonyl (C=O) groups excluding carboxylic acids is 1. The van der Waals surface area contributed by atoms with Gasteiger partial charge in [-0.1, -0.05) is 60.7 Å². The Morgan fingerprint density at radius 3 is 2.26 bits per heavy atom. The molecule has 0 bridgehead atoms. The third-order valence-electron chi connectivity index (χ3n) is 6.08. The van der Waals surface area contributed by atoms with Gasteiger partial charge in [-0.25, -0.2) is 9.59 Å². The zero-order chi connectivity index (χ0) is 28.2. The molecule has 39 heavy (non-hydrogen) atoms. The molecule has 4 N–H and O–H groups in total. The molecular weight excluding hydrogens is 504 g/mol. The first-order valence-electron chi connectivity index (χ1n) is 12.3. The van der Waals surface area contributed by atoms with Gasteiger partial charge in [-0.2, -0.15) is 0 Å². The van der Waals surface area contributed by atoms with Crippen molar-refractivity contribution < 1.29 is 44.2 Å². The fourth-order valence-corrected chi connectivity index (χ4v) is 4.16. The number of aliphatic hydroxyl groups excluding tert-OH is 2. The number of methoxy groups -OCH3 is 1. The van der Waals surface area contributed by atoms with Gasteiger partial charge in [-0.3, -0.25) is 0 Å². The topological polar surface area (TPSA) is 143 Å². The second-order valence-electron chi connectivity index (χ2n) is 8.86. The van der Waals surface area contributed by atoms with Crippen molar-refractivity contribution in [2.24, 2.45) is 0 Å². The van der Waals surface area contributed by atoms with E-state index in [0.717, 1.165) is 16.9 Å². The SMILES string of the molecule is COc1ccc(/C=C/C(=O)O[C@@H]2C[C@@H](OC/C=C\c3ccc4ccccc4c3)C[C@H](O)[C@H]2O)cc1.O=C(O)O. The molecule has 1 saturated carbocycles. The van der Waals surface area contributed by atoms with Crippen LogP contribution in [0.4, 0.5) is 4.79 Å². The molecule has 1 fully saturated rings. The maximum atomic E-state index is 12.3. The van der Waals surface area contributed by atoms with Crippen LogP contribution in [0.3, 0.4) is 0 Å². The van der Waals surface area contributed by atoms with Gasteiger partial charge < -0.3 is 34.6 Å². The van der Waals surface area contributed by atoms with E-state index in [-0.39, 0.29) is 12.5 Å². The van der Waals surface area contributed by atoms with Crippen LogP contribution in [-0.4, -0.2) is 70.7 Å². The van der Waals surface area contributed by atoms with Gasteiger partial charge in [0.25, 0.3) is 0 Å². The number of fused-ring (bicyclic) bond motifs is 1. The Hall–Kier alpha value is -4.18. The van der Waals surface area contributed by atoms with E-state index in [4.69, 9.17) is 29.2 Å². The summed E-state index contributed by atoms with van der Waals surface area (Å²) in [6.45, 7) is 0.346. The van der Waals surface area contributed by atoms with Gasteiger partial charge in [0.15, 0.2) is 0 Å². The molecule has 0 aliphatic heterocycles. The Bertz CT molecular complexity index is 1280. The fraction of sp³-hybridized carbons (Fsp3) is 0.267. The Balaban J connectivity index is 0.000000983. The molecule has 0 radical (unpaired) electrons. The van der Waals surface area contributed by atoms with Crippen molar-refractivity contribution in [2.75, 3.05) is 13.7 Å². The molecule has 4 atom stereocenters. The maximum absolute atomic E-state index is 12.3. The zero-order valence-electron chi connectivity index (χ0n) is 21.4. The van der Waals surface area contributed by atoms with Crippen LogP contribution in [0.2, 0.25) is 0 Å². The summed E-state index contributed by atoms with van der Waals surface area (Å²) in [5, 5.41) is 36.9. The predicted octanol–water partition coefficient (Wildman–Crippen LogP) is 4.61. The molecule has 3 aromatic carbocycles. The third kappa shape index (κ3) is 9.57. The first kappa shape index (κ1) is 29.4. The Kier molecular flexibility index (Phi) is 11.1. The van der Waals surface area contributed by atoms with Crippen molar-refractivity contribution in [2.45, 2.75) is 37.3 Å². The molecule has 1 aliphatic rings. The smallest absolute Gasteiger partial charge is 0.497 e. The standard InChI is InChI=1S/C29H30O6.CH2O3/c1-33-24-13-9-20(10-14-24)11-15-28(31)35-27-19-25(18-26(30)29(27)32)34-16-4-5-21-8-12-22-6-2-3-7-23(22)17-21;2-1(3)4/h2-15,17,25-27,29-30,32H,16,18-19H2,1H3;(H2,2,3,4)/b5-4-,15-11+;/t25-,26-,27+,29+;/m0./s1. The van der Waals surface area contributed by atoms with E-state index >= 15 is 0 Å². The number of hydrogen-bond donors (Lipinski definition) is 4. The molecule has 0 aromatic heterocycles. The molecule has 0 amide bonds. The number of benzene rings is 3. The van der Waals surface area contributed by atoms with Crippen molar-refractivity contribution in [1.82, 2.24) is 0 Å². The van der Waals surface area contributed by atoms with Crippen molar-refractivity contribution in [3.05, 3.63) is 90.0 Å². The molecule has 0 unspecified atom stereocenters. The normalized spacial score (nSPS) is 20.9. The van der Waals surface area contributed by atoms with Gasteiger partial charge in [0.2, 0.25) is 0 Å². The molecule has 4 rings (SSSR count). The van der Waals surface area contributed by atoms with Gasteiger partial charge in [0, 0.05) is 18.9 Å². The second kappa shape index (κ2) is 14.7. The number of ether oxygens (including phenoxy) is 3. The average molecular weight is 537 g/mol. The van der Waals surface area contributed by atoms with Gasteiger partial charge in [-0.15, -0.1) is 0 Å². The van der Waals surface area contributed by atoms with E-state index in [1.807, 2.05) is 36.4 Å². The lowest BCUT2D eigenvalue weighted by Gasteiger charge is -2.35. The van der Waals surface area contributed by atoms with E-state index < -0.39 is 30.4 Å². The third-order valence-corrected chi connectivity index (χ3v) is 6.08. The summed E-state index contributed by atoms with van der Waals surface area (Å²) in [4.78, 5) is 20.9. The summed E-state index contributed by atoms with van der Waals surface area (Å²) >= 11 is 0. The minimum atomic E-state index is -1.83. The molecule has 3 aromatic rings. The van der Waals surface area contributed by atoms with Crippen LogP contribution >= 0.6 is 0 Å². The van der Waals surface area contributed by atoms with Crippen molar-refractivity contribution in [3.63, 3.8) is 0 Å². The Labute approximate surface area is 226 Å². The quantitative estimate of drug-likeness (QED) is 0.240. The summed E-state index contributed by atoms with van der Waals surface area (Å²) in [5.41, 5.74) is 1.88. The summed E-state index contributed by atoms with van der Waals surface area (Å²) in [5.74, 6) is 0.135. The second-order valence-corrected chi connectivity index (χ2v) is 8.86. The highest BCUT2D eigenvalue weighted by Gasteiger charge is 2.38. The minimum Gasteiger partial charge on any atom is -0.497 e. The van der Waals surface area contributed by atoms with E-state index in [1.165, 1.54) is 16.8 Å². The Morgan fingerprint density at radius 1 is 0.897 bits per heavy atom. The summed E-state index contributed by atoms with van der Waals surface area (Å²) in [6.07, 6.45) is 2.23. The lowest BCUT2D eigenvalue weighted by atomic mass is 9.89. The van der Waals surface area contributed by atoms with E-state index in [0.29, 0.717) is 13.0 Å². The first-order chi connectivity index (χ1) is 18.7. The van der Waals surface area contributed by atoms with Crippen LogP contribution in [0.5, 0.6) is 5.75 Å². The van der Waals surface area contributed by atoms with Crippen LogP contribution in [0.1, 0.15) is 24.0 Å². The molecule has 0 spiro atoms. The van der Waals surface area contributed by atoms with E-state index in [9.17, 15) is 15.0 Å². The van der Waals surface area contributed by atoms with Crippen molar-refractivity contribution in [3.8, 4) is 5.75 Å². The summed E-state index contributed by atoms with van der Waals surface area (Å²) in [6, 6.07) is 21.6. The van der Waals surface area contributed by atoms with Crippen LogP contribution in [-0.2, 0) is 14.3 Å². The van der Waals surface area contributed by atoms with Gasteiger partial charge in [0.1, 0.15) is 18.0 Å². The monoisotopic (exact) mass is 536 g/mol. The van der Waals surface area contributed by atoms with Crippen LogP contribution < -0.4 is 4.74 Å². The van der Waals surface area contributed by atoms with Crippen LogP contribution in [0, 0.1) is 0 Å². The zero-order valence-corrected chi connectivity index (χ0v) is 21.4. The highest BCUT2D eigenvalue weighted by Crippen LogP contribution is 2.25. The molecular formula is C30H32O9. The highest BCUT2D eigenvalue weighted by molar-refractivity contribution is 5.87. The predicted molar refractivity (Wildman–Crippen MR) is 147 cm³/mol. The first-order valence-corrected chi connectivity index (χ1v) is 12.3. The fourth-order valence-electron chi connectivity index (χ4n) is 4.16. The maximum Gasteiger partial charge on any atom is 0.503 e. The average Bonchev–Trinajstić information content (AvgIpc) is 2.92. The van der Waals surface area contributed by atoms with Crippen molar-refractivity contribution in [1.29, 1.82) is 0 Å². The molecule has 0 saturated heterocycles. The van der Waals surface area contributed by atoms with Crippen LogP contribution in [0.25, 0.3) is 22.9 Å². The number of carboxylic acid groups (broad SMARTS) is 2. The molecule has 206 valence electrons. The van der Waals surface area contributed by atoms with Gasteiger partial charge in [-0.05, 0) is 46.2 Å². The number of esters is 1. The van der Waals surface area contributed by atoms with Crippen molar-refractivity contribution >= 4 is 35.0 Å². The highest BCUT2D eigenvalue weighted by atomic mass is 16.6. The summed E-state index contributed by atoms with van der Waals surface area (Å²) < 4.78 is 16.4. The van der Waals surface area contributed by atoms with E-state index in [1.54, 1.807) is 25.3 Å². The number of aliphatic hydroxyl groups is 2. The molecule has 0 heterocycles. The Morgan fingerprint density at radius 2 is 1.56 bits per heavy atom. The van der Waals surface area contributed by atoms with Gasteiger partial charge >= 0.3 is 12.1 Å². The minimum absolute atomic E-state index is 0.278. The van der Waals surface area contributed by atoms with Crippen LogP contribution in [0.15, 0.2) is 78.9 Å². The molecule has 9 heteroatoms. The largest absolute Gasteiger partial charge is 0.503 e. The number of hydrogen-bond acceptors (Lipinski definition) is 7. The lowest BCUT2D eigenvalue weighted by Crippen LogP contribution is -2.48. The van der Waals surface area contributed by atoms with E-state index in [2.05, 4.69) is 30.3 Å². The number of rotatable bonds is 8. The number of carbonyl (C=O) groups is 2. The summed E-state index contributed by atoms with van der Waals surface area (Å²) in [7, 11) is 1.59. The lowest BCUT2D eigenvalue weighted by molar-refractivity contribution is -0.169.